The van der Waals surface area contributed by atoms with Crippen LogP contribution in [0.5, 0.6) is 0 Å². The van der Waals surface area contributed by atoms with E-state index in [2.05, 4.69) is 51.1 Å². The number of hydrogen-bond acceptors (Lipinski definition) is 0. The topological polar surface area (TPSA) is 0 Å². The Hall–Kier alpha value is -2.04. The average Bonchev–Trinajstić information content (AvgIpc) is 2.48. The van der Waals surface area contributed by atoms with Crippen molar-refractivity contribution in [2.75, 3.05) is 0 Å². The number of allylic oxidation sites excluding steroid dienone is 1. The average molecular weight is 577 g/mol. The van der Waals surface area contributed by atoms with Gasteiger partial charge in [0.05, 0.1) is 0 Å². The van der Waals surface area contributed by atoms with Gasteiger partial charge < -0.3 is 6.58 Å². The van der Waals surface area contributed by atoms with E-state index in [9.17, 15) is 0 Å². The molecule has 0 N–H and O–H groups in total. The molecule has 136 valence electrons. The first-order chi connectivity index (χ1) is 9.15. The standard InChI is InChI=1S/C13H20.C4H7.C2H6.3CH4.Rf/c1-4-12(10-11(2)3)13-8-6-5-7-9-13;1-3-4-2;1-2;;;;/h5-9,11-12H,4,10H2,1-3H3;1,3H,4H2,2H3;1-2H3;3*1H4;/q;-1;;;;;. The van der Waals surface area contributed by atoms with Crippen molar-refractivity contribution in [1.29, 1.82) is 0 Å². The molecule has 0 aliphatic heterocycles. The molecule has 1 heteroatoms. The van der Waals surface area contributed by atoms with Crippen molar-refractivity contribution in [1.82, 2.24) is 0 Å². The summed E-state index contributed by atoms with van der Waals surface area (Å²) in [6.07, 6.45) is 5.16. The molecule has 0 radical (unpaired) electrons. The van der Waals surface area contributed by atoms with E-state index in [4.69, 9.17) is 6.58 Å². The molecule has 0 spiro atoms. The second kappa shape index (κ2) is 28.2. The molecule has 23 heavy (non-hydrogen) atoms. The Bertz CT molecular complexity index is 277. The van der Waals surface area contributed by atoms with Gasteiger partial charge in [0.15, 0.2) is 0 Å². The minimum atomic E-state index is 0. The summed E-state index contributed by atoms with van der Waals surface area (Å²) in [5.74, 6) is 1.55. The van der Waals surface area contributed by atoms with Crippen molar-refractivity contribution >= 4 is 0 Å². The van der Waals surface area contributed by atoms with E-state index in [1.54, 1.807) is 6.08 Å². The van der Waals surface area contributed by atoms with Gasteiger partial charge in [-0.25, -0.2) is 0 Å². The van der Waals surface area contributed by atoms with Gasteiger partial charge >= 0.3 is 0 Å². The first kappa shape index (κ1) is 37.3. The van der Waals surface area contributed by atoms with Gasteiger partial charge in [0, 0.05) is 0 Å². The largest absolute Gasteiger partial charge is 0.518 e. The van der Waals surface area contributed by atoms with Gasteiger partial charge in [0.25, 0.3) is 0 Å². The van der Waals surface area contributed by atoms with Gasteiger partial charge in [-0.1, -0.05) is 101 Å². The molecule has 0 saturated carbocycles. The summed E-state index contributed by atoms with van der Waals surface area (Å²) < 4.78 is 0. The maximum Gasteiger partial charge on any atom is 0 e. The van der Waals surface area contributed by atoms with E-state index >= 15 is 0 Å². The number of rotatable bonds is 5. The quantitative estimate of drug-likeness (QED) is 0.308. The predicted octanol–water partition coefficient (Wildman–Crippen LogP) is 8.55. The SMILES string of the molecule is C.C.C.CC.CCC(CC(C)C)c1ccccc1.[CH-]=CCC.[Rf]. The van der Waals surface area contributed by atoms with Crippen LogP contribution in [0.25, 0.3) is 0 Å². The minimum absolute atomic E-state index is 0. The first-order valence-electron chi connectivity index (χ1n) is 7.73. The molecule has 0 amide bonds. The molecule has 0 aliphatic carbocycles. The third-order valence-corrected chi connectivity index (χ3v) is 2.76. The number of benzene rings is 1. The molecule has 0 heterocycles. The van der Waals surface area contributed by atoms with E-state index in [0.717, 1.165) is 18.3 Å². The van der Waals surface area contributed by atoms with E-state index in [0.29, 0.717) is 0 Å². The Morgan fingerprint density at radius 2 is 1.35 bits per heavy atom. The summed E-state index contributed by atoms with van der Waals surface area (Å²) >= 11 is 0. The van der Waals surface area contributed by atoms with Crippen molar-refractivity contribution in [2.24, 2.45) is 5.92 Å². The van der Waals surface area contributed by atoms with Crippen LogP contribution in [0.3, 0.4) is 0 Å². The molecule has 1 aromatic carbocycles. The predicted molar refractivity (Wildman–Crippen MR) is 110 cm³/mol. The summed E-state index contributed by atoms with van der Waals surface area (Å²) in [5.41, 5.74) is 1.50. The Labute approximate surface area is 144 Å². The molecule has 1 unspecified atom stereocenters. The fraction of sp³-hybridized carbons (Fsp3) is 0.636. The second-order valence-electron chi connectivity index (χ2n) is 4.79. The molecule has 1 atom stereocenters. The summed E-state index contributed by atoms with van der Waals surface area (Å²) in [7, 11) is 0. The van der Waals surface area contributed by atoms with Crippen LogP contribution in [0, 0.1) is 12.5 Å². The molecule has 0 aromatic heterocycles. The van der Waals surface area contributed by atoms with E-state index < -0.39 is 0 Å². The van der Waals surface area contributed by atoms with E-state index in [1.165, 1.54) is 18.4 Å². The zero-order chi connectivity index (χ0) is 15.1. The summed E-state index contributed by atoms with van der Waals surface area (Å²) in [4.78, 5) is 0. The number of hydrogen-bond donors (Lipinski definition) is 0. The third-order valence-electron chi connectivity index (χ3n) is 2.76. The molecule has 0 saturated heterocycles. The molecule has 0 nitrogen and oxygen atoms in total. The Morgan fingerprint density at radius 3 is 1.61 bits per heavy atom. The second-order valence-corrected chi connectivity index (χ2v) is 4.79. The monoisotopic (exact) mass is 576 g/mol. The zero-order valence-electron chi connectivity index (χ0n) is 14.5. The fourth-order valence-corrected chi connectivity index (χ4v) is 1.83. The maximum absolute atomic E-state index is 4.90. The molecule has 0 fully saturated rings. The molecule has 0 aliphatic rings. The molecule has 0 bridgehead atoms. The Morgan fingerprint density at radius 1 is 0.957 bits per heavy atom. The zero-order valence-corrected chi connectivity index (χ0v) is 20.9. The van der Waals surface area contributed by atoms with Crippen LogP contribution in [-0.2, 0) is 0 Å². The maximum atomic E-state index is 4.90. The summed E-state index contributed by atoms with van der Waals surface area (Å²) in [6.45, 7) is 17.8. The molecular formula is C22H45Rf-. The molecule has 1 rings (SSSR count). The molecule has 1 aromatic rings. The smallest absolute Gasteiger partial charge is 0 e. The van der Waals surface area contributed by atoms with Crippen LogP contribution in [0.15, 0.2) is 36.4 Å². The van der Waals surface area contributed by atoms with E-state index in [1.807, 2.05) is 20.8 Å². The van der Waals surface area contributed by atoms with Crippen LogP contribution >= 0.6 is 0 Å². The van der Waals surface area contributed by atoms with Crippen molar-refractivity contribution < 1.29 is 0 Å². The van der Waals surface area contributed by atoms with Crippen LogP contribution in [0.1, 0.15) is 94.6 Å². The van der Waals surface area contributed by atoms with Crippen LogP contribution in [0.2, 0.25) is 0 Å². The first-order valence-corrected chi connectivity index (χ1v) is 7.73. The van der Waals surface area contributed by atoms with Crippen LogP contribution in [-0.4, -0.2) is 0 Å². The minimum Gasteiger partial charge on any atom is -0.518 e. The molecular weight excluding hydrogens is 531 g/mol. The van der Waals surface area contributed by atoms with Gasteiger partial charge in [-0.15, -0.1) is 0 Å². The van der Waals surface area contributed by atoms with Crippen molar-refractivity contribution in [3.63, 3.8) is 0 Å². The van der Waals surface area contributed by atoms with Crippen molar-refractivity contribution in [3.05, 3.63) is 48.6 Å². The Kier molecular flexibility index (Phi) is 45.7. The van der Waals surface area contributed by atoms with Crippen molar-refractivity contribution in [2.45, 2.75) is 89.0 Å². The third kappa shape index (κ3) is 22.4. The van der Waals surface area contributed by atoms with E-state index in [-0.39, 0.29) is 22.3 Å². The normalized spacial score (nSPS) is 8.83. The van der Waals surface area contributed by atoms with Gasteiger partial charge in [-0.2, -0.15) is 0 Å². The van der Waals surface area contributed by atoms with Gasteiger partial charge in [0.2, 0.25) is 0 Å². The fourth-order valence-electron chi connectivity index (χ4n) is 1.83. The van der Waals surface area contributed by atoms with Crippen LogP contribution < -0.4 is 0 Å². The van der Waals surface area contributed by atoms with Gasteiger partial charge in [-0.05, 0) is 30.2 Å². The summed E-state index contributed by atoms with van der Waals surface area (Å²) in [5, 5.41) is 0. The summed E-state index contributed by atoms with van der Waals surface area (Å²) in [6, 6.07) is 10.9. The van der Waals surface area contributed by atoms with Gasteiger partial charge in [-0.3, -0.25) is 6.08 Å². The Balaban J connectivity index is -0.0000000640. The van der Waals surface area contributed by atoms with Crippen molar-refractivity contribution in [3.8, 4) is 0 Å². The van der Waals surface area contributed by atoms with Crippen LogP contribution in [0.4, 0.5) is 0 Å². The van der Waals surface area contributed by atoms with Gasteiger partial charge in [0.1, 0.15) is 0 Å².